The van der Waals surface area contributed by atoms with Gasteiger partial charge in [0.05, 0.1) is 5.56 Å². The minimum Gasteiger partial charge on any atom is -0.478 e. The van der Waals surface area contributed by atoms with Crippen LogP contribution in [0, 0.1) is 0 Å². The lowest BCUT2D eigenvalue weighted by atomic mass is 10.2. The van der Waals surface area contributed by atoms with Crippen molar-refractivity contribution in [1.82, 2.24) is 0 Å². The van der Waals surface area contributed by atoms with Crippen LogP contribution in [0.2, 0.25) is 0 Å². The van der Waals surface area contributed by atoms with Gasteiger partial charge in [-0.1, -0.05) is 21.6 Å². The van der Waals surface area contributed by atoms with E-state index in [2.05, 4.69) is 0 Å². The van der Waals surface area contributed by atoms with Crippen LogP contribution in [0.1, 0.15) is 10.4 Å². The smallest absolute Gasteiger partial charge is 0.335 e. The van der Waals surface area contributed by atoms with Crippen molar-refractivity contribution in [2.45, 2.75) is 9.79 Å². The van der Waals surface area contributed by atoms with E-state index in [9.17, 15) is 9.59 Å². The number of carbonyl (C=O) groups excluding carboxylic acids is 1. The summed E-state index contributed by atoms with van der Waals surface area (Å²) in [4.78, 5) is 22.9. The number of aromatic carboxylic acids is 1. The van der Waals surface area contributed by atoms with Crippen molar-refractivity contribution < 1.29 is 19.4 Å². The summed E-state index contributed by atoms with van der Waals surface area (Å²) in [5, 5.41) is 8.80. The molecule has 0 amide bonds. The van der Waals surface area contributed by atoms with Crippen LogP contribution in [0.15, 0.2) is 58.3 Å². The molecule has 0 radical (unpaired) electrons. The van der Waals surface area contributed by atoms with Gasteiger partial charge >= 0.3 is 5.97 Å². The lowest BCUT2D eigenvalue weighted by molar-refractivity contribution is -0.120. The van der Waals surface area contributed by atoms with Gasteiger partial charge in [-0.3, -0.25) is 4.79 Å². The zero-order valence-corrected chi connectivity index (χ0v) is 11.8. The van der Waals surface area contributed by atoms with Crippen molar-refractivity contribution in [3.05, 3.63) is 54.1 Å². The quantitative estimate of drug-likeness (QED) is 0.648. The Kier molecular flexibility index (Phi) is 5.09. The van der Waals surface area contributed by atoms with Gasteiger partial charge in [-0.05, 0) is 48.5 Å². The highest BCUT2D eigenvalue weighted by atomic mass is 33.1. The third-order valence-corrected chi connectivity index (χ3v) is 4.76. The number of hydrogen-bond acceptors (Lipinski definition) is 5. The van der Waals surface area contributed by atoms with Crippen LogP contribution in [0.4, 0.5) is 0 Å². The molecule has 0 aliphatic carbocycles. The van der Waals surface area contributed by atoms with Gasteiger partial charge in [-0.25, -0.2) is 4.79 Å². The van der Waals surface area contributed by atoms with E-state index in [4.69, 9.17) is 9.84 Å². The van der Waals surface area contributed by atoms with E-state index in [1.165, 1.54) is 21.6 Å². The first-order valence-corrected chi connectivity index (χ1v) is 7.72. The average molecular weight is 306 g/mol. The second-order valence-electron chi connectivity index (χ2n) is 3.68. The Morgan fingerprint density at radius 1 is 0.950 bits per heavy atom. The number of benzene rings is 2. The fourth-order valence-corrected chi connectivity index (χ4v) is 3.31. The molecule has 102 valence electrons. The molecular weight excluding hydrogens is 296 g/mol. The average Bonchev–Trinajstić information content (AvgIpc) is 2.47. The van der Waals surface area contributed by atoms with E-state index in [1.54, 1.807) is 36.4 Å². The lowest BCUT2D eigenvalue weighted by Gasteiger charge is -2.03. The molecule has 0 aliphatic rings. The van der Waals surface area contributed by atoms with Crippen LogP contribution >= 0.6 is 21.6 Å². The maximum absolute atomic E-state index is 10.7. The molecule has 0 spiro atoms. The van der Waals surface area contributed by atoms with E-state index in [0.29, 0.717) is 12.2 Å². The molecule has 0 atom stereocenters. The molecule has 2 rings (SSSR count). The van der Waals surface area contributed by atoms with Gasteiger partial charge < -0.3 is 9.84 Å². The minimum absolute atomic E-state index is 0.273. The highest BCUT2D eigenvalue weighted by molar-refractivity contribution is 8.76. The highest BCUT2D eigenvalue weighted by Crippen LogP contribution is 2.37. The minimum atomic E-state index is -0.931. The second kappa shape index (κ2) is 7.02. The number of ether oxygens (including phenoxy) is 1. The van der Waals surface area contributed by atoms with Crippen LogP contribution in [-0.2, 0) is 4.79 Å². The van der Waals surface area contributed by atoms with E-state index >= 15 is 0 Å². The van der Waals surface area contributed by atoms with E-state index in [0.717, 1.165) is 9.79 Å². The third kappa shape index (κ3) is 4.04. The van der Waals surface area contributed by atoms with Gasteiger partial charge in [0.2, 0.25) is 0 Å². The number of carboxylic acid groups (broad SMARTS) is 1. The molecule has 0 saturated carbocycles. The molecule has 0 saturated heterocycles. The highest BCUT2D eigenvalue weighted by Gasteiger charge is 2.03. The molecular formula is C14H10O4S2. The second-order valence-corrected chi connectivity index (χ2v) is 5.96. The number of hydrogen-bond donors (Lipinski definition) is 1. The van der Waals surface area contributed by atoms with Crippen LogP contribution < -0.4 is 4.74 Å². The maximum atomic E-state index is 10.7. The van der Waals surface area contributed by atoms with Gasteiger partial charge in [0.15, 0.2) is 0 Å². The largest absolute Gasteiger partial charge is 0.478 e. The molecule has 0 fully saturated rings. The molecule has 0 unspecified atom stereocenters. The standard InChI is InChI=1S/C14H10O4S2/c15-9-18-11-3-7-13(8-4-11)20-19-12-5-1-10(2-6-12)14(16)17/h1-9H,(H,16,17). The normalized spacial score (nSPS) is 10.0. The van der Waals surface area contributed by atoms with Crippen molar-refractivity contribution >= 4 is 34.0 Å². The molecule has 6 heteroatoms. The Hall–Kier alpha value is -1.92. The van der Waals surface area contributed by atoms with Gasteiger partial charge in [0.1, 0.15) is 5.75 Å². The third-order valence-electron chi connectivity index (χ3n) is 2.34. The Morgan fingerprint density at radius 2 is 1.45 bits per heavy atom. The summed E-state index contributed by atoms with van der Waals surface area (Å²) in [6.07, 6.45) is 0. The van der Waals surface area contributed by atoms with Gasteiger partial charge in [-0.15, -0.1) is 0 Å². The Labute approximate surface area is 123 Å². The van der Waals surface area contributed by atoms with Crippen molar-refractivity contribution in [2.75, 3.05) is 0 Å². The molecule has 0 aromatic heterocycles. The molecule has 20 heavy (non-hydrogen) atoms. The molecule has 0 bridgehead atoms. The molecule has 0 aliphatic heterocycles. The first kappa shape index (κ1) is 14.5. The van der Waals surface area contributed by atoms with Crippen LogP contribution in [0.5, 0.6) is 5.75 Å². The Bertz CT molecular complexity index is 594. The summed E-state index contributed by atoms with van der Waals surface area (Å²) in [6.45, 7) is 0.390. The molecule has 2 aromatic rings. The van der Waals surface area contributed by atoms with Crippen molar-refractivity contribution in [2.24, 2.45) is 0 Å². The molecule has 4 nitrogen and oxygen atoms in total. The fourth-order valence-electron chi connectivity index (χ4n) is 1.38. The maximum Gasteiger partial charge on any atom is 0.335 e. The van der Waals surface area contributed by atoms with Crippen molar-refractivity contribution in [3.8, 4) is 5.75 Å². The summed E-state index contributed by atoms with van der Waals surface area (Å²) in [5.74, 6) is -0.430. The lowest BCUT2D eigenvalue weighted by Crippen LogP contribution is -1.94. The van der Waals surface area contributed by atoms with Crippen LogP contribution in [-0.4, -0.2) is 17.5 Å². The van der Waals surface area contributed by atoms with Crippen molar-refractivity contribution in [3.63, 3.8) is 0 Å². The molecule has 2 aromatic carbocycles. The fraction of sp³-hybridized carbons (Fsp3) is 0. The van der Waals surface area contributed by atoms with E-state index in [1.807, 2.05) is 12.1 Å². The van der Waals surface area contributed by atoms with Crippen LogP contribution in [0.25, 0.3) is 0 Å². The Morgan fingerprint density at radius 3 is 1.90 bits per heavy atom. The zero-order chi connectivity index (χ0) is 14.4. The summed E-state index contributed by atoms with van der Waals surface area (Å²) in [7, 11) is 3.07. The Balaban J connectivity index is 1.94. The van der Waals surface area contributed by atoms with Crippen LogP contribution in [0.3, 0.4) is 0 Å². The van der Waals surface area contributed by atoms with Crippen molar-refractivity contribution in [1.29, 1.82) is 0 Å². The summed E-state index contributed by atoms with van der Waals surface area (Å²) in [6, 6.07) is 13.8. The molecule has 1 N–H and O–H groups in total. The predicted octanol–water partition coefficient (Wildman–Crippen LogP) is 3.72. The first-order chi connectivity index (χ1) is 9.69. The molecule has 0 heterocycles. The van der Waals surface area contributed by atoms with E-state index < -0.39 is 5.97 Å². The van der Waals surface area contributed by atoms with Gasteiger partial charge in [0, 0.05) is 9.79 Å². The number of carbonyl (C=O) groups is 2. The summed E-state index contributed by atoms with van der Waals surface area (Å²) in [5.41, 5.74) is 0.273. The first-order valence-electron chi connectivity index (χ1n) is 5.57. The monoisotopic (exact) mass is 306 g/mol. The zero-order valence-electron chi connectivity index (χ0n) is 10.2. The SMILES string of the molecule is O=COc1ccc(SSc2ccc(C(=O)O)cc2)cc1. The van der Waals surface area contributed by atoms with Gasteiger partial charge in [-0.2, -0.15) is 0 Å². The number of rotatable bonds is 6. The number of carboxylic acids is 1. The summed E-state index contributed by atoms with van der Waals surface area (Å²) >= 11 is 0. The van der Waals surface area contributed by atoms with E-state index in [-0.39, 0.29) is 5.56 Å². The van der Waals surface area contributed by atoms with Gasteiger partial charge in [0.25, 0.3) is 6.47 Å². The summed E-state index contributed by atoms with van der Waals surface area (Å²) < 4.78 is 4.71. The predicted molar refractivity (Wildman–Crippen MR) is 78.2 cm³/mol. The topological polar surface area (TPSA) is 63.6 Å².